The van der Waals surface area contributed by atoms with E-state index in [2.05, 4.69) is 13.5 Å². The van der Waals surface area contributed by atoms with E-state index in [4.69, 9.17) is 4.74 Å². The van der Waals surface area contributed by atoms with Crippen LogP contribution in [0.25, 0.3) is 0 Å². The van der Waals surface area contributed by atoms with Crippen LogP contribution in [0.2, 0.25) is 0 Å². The molecule has 0 aliphatic carbocycles. The average molecular weight is 113 g/mol. The molecule has 0 saturated heterocycles. The summed E-state index contributed by atoms with van der Waals surface area (Å²) < 4.78 is 4.99. The van der Waals surface area contributed by atoms with Gasteiger partial charge in [0.15, 0.2) is 0 Å². The minimum absolute atomic E-state index is 0.464. The molecule has 0 heterocycles. The van der Waals surface area contributed by atoms with Gasteiger partial charge in [-0.25, -0.2) is 0 Å². The first-order valence-corrected chi connectivity index (χ1v) is 2.83. The van der Waals surface area contributed by atoms with Gasteiger partial charge < -0.3 is 4.74 Å². The Morgan fingerprint density at radius 3 is 2.75 bits per heavy atom. The molecule has 0 aromatic rings. The molecular formula is C7H13O. The van der Waals surface area contributed by atoms with E-state index in [-0.39, 0.29) is 0 Å². The van der Waals surface area contributed by atoms with Crippen LogP contribution in [0.5, 0.6) is 0 Å². The highest BCUT2D eigenvalue weighted by atomic mass is 16.5. The normalized spacial score (nSPS) is 13.2. The molecule has 0 aromatic heterocycles. The van der Waals surface area contributed by atoms with E-state index in [9.17, 15) is 0 Å². The third kappa shape index (κ3) is 3.88. The zero-order valence-electron chi connectivity index (χ0n) is 5.55. The second-order valence-electron chi connectivity index (χ2n) is 1.78. The van der Waals surface area contributed by atoms with Gasteiger partial charge in [0.2, 0.25) is 0 Å². The summed E-state index contributed by atoms with van der Waals surface area (Å²) in [5.74, 6) is 0.464. The van der Waals surface area contributed by atoms with Crippen molar-refractivity contribution in [2.45, 2.75) is 13.8 Å². The summed E-state index contributed by atoms with van der Waals surface area (Å²) in [5, 5.41) is 0. The molecule has 0 aromatic carbocycles. The molecule has 0 bridgehead atoms. The molecule has 0 rings (SSSR count). The molecule has 1 unspecified atom stereocenters. The van der Waals surface area contributed by atoms with Gasteiger partial charge in [-0.2, -0.15) is 0 Å². The maximum absolute atomic E-state index is 4.99. The van der Waals surface area contributed by atoms with E-state index in [1.807, 2.05) is 13.0 Å². The number of ether oxygens (including phenoxy) is 1. The van der Waals surface area contributed by atoms with Crippen LogP contribution in [0, 0.1) is 12.5 Å². The highest BCUT2D eigenvalue weighted by Crippen LogP contribution is 1.95. The number of rotatable bonds is 4. The lowest BCUT2D eigenvalue weighted by atomic mass is 10.2. The lowest BCUT2D eigenvalue weighted by Gasteiger charge is -2.02. The minimum Gasteiger partial charge on any atom is -0.375 e. The molecule has 8 heavy (non-hydrogen) atoms. The molecule has 0 amide bonds. The van der Waals surface area contributed by atoms with Crippen molar-refractivity contribution in [1.82, 2.24) is 0 Å². The van der Waals surface area contributed by atoms with Crippen LogP contribution in [0.4, 0.5) is 0 Å². The molecular weight excluding hydrogens is 100 g/mol. The highest BCUT2D eigenvalue weighted by Gasteiger charge is 1.91. The Bertz CT molecular complexity index is 59.4. The third-order valence-electron chi connectivity index (χ3n) is 0.928. The van der Waals surface area contributed by atoms with Crippen molar-refractivity contribution >= 4 is 0 Å². The maximum atomic E-state index is 4.99. The summed E-state index contributed by atoms with van der Waals surface area (Å²) in [7, 11) is 0. The Labute approximate surface area is 51.4 Å². The van der Waals surface area contributed by atoms with Gasteiger partial charge in [0.05, 0.1) is 13.2 Å². The first-order valence-electron chi connectivity index (χ1n) is 2.83. The molecule has 0 spiro atoms. The van der Waals surface area contributed by atoms with Crippen LogP contribution in [-0.4, -0.2) is 6.61 Å². The van der Waals surface area contributed by atoms with Gasteiger partial charge in [-0.15, -0.1) is 6.58 Å². The topological polar surface area (TPSA) is 9.23 Å². The Hall–Kier alpha value is -0.300. The fourth-order valence-corrected chi connectivity index (χ4v) is 0.316. The van der Waals surface area contributed by atoms with Crippen LogP contribution in [0.15, 0.2) is 12.7 Å². The Morgan fingerprint density at radius 1 is 1.75 bits per heavy atom. The van der Waals surface area contributed by atoms with Crippen LogP contribution < -0.4 is 0 Å². The maximum Gasteiger partial charge on any atom is 0.0806 e. The average Bonchev–Trinajstić information content (AvgIpc) is 1.83. The van der Waals surface area contributed by atoms with Crippen LogP contribution in [-0.2, 0) is 4.74 Å². The second-order valence-corrected chi connectivity index (χ2v) is 1.78. The van der Waals surface area contributed by atoms with E-state index in [1.54, 1.807) is 6.61 Å². The van der Waals surface area contributed by atoms with Crippen LogP contribution >= 0.6 is 0 Å². The van der Waals surface area contributed by atoms with Gasteiger partial charge >= 0.3 is 0 Å². The molecule has 0 saturated carbocycles. The summed E-state index contributed by atoms with van der Waals surface area (Å²) >= 11 is 0. The standard InChI is InChI=1S/C7H13O/c1-4-7(3)6-8-5-2/h4-5,7H,1,6H2,2-3H3. The predicted molar refractivity (Wildman–Crippen MR) is 35.3 cm³/mol. The largest absolute Gasteiger partial charge is 0.375 e. The van der Waals surface area contributed by atoms with Gasteiger partial charge in [-0.3, -0.25) is 0 Å². The van der Waals surface area contributed by atoms with Crippen molar-refractivity contribution in [3.05, 3.63) is 19.3 Å². The molecule has 0 aliphatic rings. The van der Waals surface area contributed by atoms with E-state index < -0.39 is 0 Å². The van der Waals surface area contributed by atoms with Crippen molar-refractivity contribution in [3.63, 3.8) is 0 Å². The molecule has 0 aliphatic heterocycles. The summed E-state index contributed by atoms with van der Waals surface area (Å²) in [5.41, 5.74) is 0. The number of hydrogen-bond acceptors (Lipinski definition) is 1. The second kappa shape index (κ2) is 4.85. The molecule has 1 atom stereocenters. The number of hydrogen-bond donors (Lipinski definition) is 0. The predicted octanol–water partition coefficient (Wildman–Crippen LogP) is 2.01. The third-order valence-corrected chi connectivity index (χ3v) is 0.928. The van der Waals surface area contributed by atoms with Gasteiger partial charge in [0.25, 0.3) is 0 Å². The van der Waals surface area contributed by atoms with Crippen LogP contribution in [0.3, 0.4) is 0 Å². The van der Waals surface area contributed by atoms with Crippen molar-refractivity contribution in [2.75, 3.05) is 6.61 Å². The van der Waals surface area contributed by atoms with Crippen LogP contribution in [0.1, 0.15) is 13.8 Å². The van der Waals surface area contributed by atoms with E-state index in [1.165, 1.54) is 0 Å². The highest BCUT2D eigenvalue weighted by molar-refractivity contribution is 4.74. The fourth-order valence-electron chi connectivity index (χ4n) is 0.316. The molecule has 1 radical (unpaired) electrons. The SMILES string of the molecule is C=CC(C)CO[CH]C. The van der Waals surface area contributed by atoms with E-state index >= 15 is 0 Å². The lowest BCUT2D eigenvalue weighted by Crippen LogP contribution is -1.98. The first kappa shape index (κ1) is 7.70. The summed E-state index contributed by atoms with van der Waals surface area (Å²) in [6, 6.07) is 0. The zero-order chi connectivity index (χ0) is 6.41. The quantitative estimate of drug-likeness (QED) is 0.507. The van der Waals surface area contributed by atoms with Gasteiger partial charge in [-0.05, 0) is 12.8 Å². The van der Waals surface area contributed by atoms with Gasteiger partial charge in [0.1, 0.15) is 0 Å². The summed E-state index contributed by atoms with van der Waals surface area (Å²) in [6.07, 6.45) is 1.88. The molecule has 1 nitrogen and oxygen atoms in total. The monoisotopic (exact) mass is 113 g/mol. The van der Waals surface area contributed by atoms with Gasteiger partial charge in [0, 0.05) is 0 Å². The lowest BCUT2D eigenvalue weighted by molar-refractivity contribution is 0.182. The van der Waals surface area contributed by atoms with Crippen molar-refractivity contribution in [2.24, 2.45) is 5.92 Å². The van der Waals surface area contributed by atoms with Crippen molar-refractivity contribution < 1.29 is 4.74 Å². The van der Waals surface area contributed by atoms with E-state index in [0.29, 0.717) is 5.92 Å². The van der Waals surface area contributed by atoms with E-state index in [0.717, 1.165) is 6.61 Å². The first-order chi connectivity index (χ1) is 3.81. The Kier molecular flexibility index (Phi) is 4.67. The fraction of sp³-hybridized carbons (Fsp3) is 0.571. The Balaban J connectivity index is 2.98. The molecule has 0 fully saturated rings. The molecule has 47 valence electrons. The smallest absolute Gasteiger partial charge is 0.0806 e. The van der Waals surface area contributed by atoms with Gasteiger partial charge in [-0.1, -0.05) is 13.0 Å². The molecule has 0 N–H and O–H groups in total. The summed E-state index contributed by atoms with van der Waals surface area (Å²) in [6.45, 7) is 10.0. The minimum atomic E-state index is 0.464. The molecule has 1 heteroatoms. The zero-order valence-corrected chi connectivity index (χ0v) is 5.55. The van der Waals surface area contributed by atoms with Crippen molar-refractivity contribution in [3.8, 4) is 0 Å². The van der Waals surface area contributed by atoms with Crippen molar-refractivity contribution in [1.29, 1.82) is 0 Å². The summed E-state index contributed by atoms with van der Waals surface area (Å²) in [4.78, 5) is 0. The Morgan fingerprint density at radius 2 is 2.38 bits per heavy atom.